The summed E-state index contributed by atoms with van der Waals surface area (Å²) in [5, 5.41) is 9.94. The molecule has 0 saturated heterocycles. The van der Waals surface area contributed by atoms with Gasteiger partial charge in [0.2, 0.25) is 11.9 Å². The Labute approximate surface area is 197 Å². The minimum Gasteiger partial charge on any atom is -0.352 e. The number of hydrogen-bond acceptors (Lipinski definition) is 5. The fourth-order valence-corrected chi connectivity index (χ4v) is 4.98. The molecule has 11 heteroatoms. The van der Waals surface area contributed by atoms with Gasteiger partial charge in [-0.25, -0.2) is 32.0 Å². The van der Waals surface area contributed by atoms with E-state index in [9.17, 15) is 22.4 Å². The second kappa shape index (κ2) is 7.76. The van der Waals surface area contributed by atoms with Gasteiger partial charge in [-0.3, -0.25) is 4.79 Å². The van der Waals surface area contributed by atoms with E-state index in [4.69, 9.17) is 0 Å². The number of nitrogens with zero attached hydrogens (tertiary/aromatic N) is 4. The summed E-state index contributed by atoms with van der Waals surface area (Å²) in [6.07, 6.45) is 6.65. The highest BCUT2D eigenvalue weighted by molar-refractivity contribution is 6.01. The van der Waals surface area contributed by atoms with Crippen LogP contribution in [0.1, 0.15) is 52.9 Å². The number of carbonyl (C=O) groups is 1. The first-order valence-electron chi connectivity index (χ1n) is 11.5. The normalized spacial score (nSPS) is 20.6. The number of hydrogen-bond donors (Lipinski definition) is 2. The molecule has 1 amide bonds. The quantitative estimate of drug-likeness (QED) is 0.513. The third-order valence-corrected chi connectivity index (χ3v) is 6.88. The van der Waals surface area contributed by atoms with Gasteiger partial charge in [-0.05, 0) is 29.2 Å². The molecule has 3 aromatic rings. The van der Waals surface area contributed by atoms with E-state index in [1.165, 1.54) is 6.20 Å². The van der Waals surface area contributed by atoms with Gasteiger partial charge in [0.25, 0.3) is 11.8 Å². The van der Waals surface area contributed by atoms with E-state index in [0.29, 0.717) is 23.4 Å². The van der Waals surface area contributed by atoms with Crippen LogP contribution in [0, 0.1) is 5.92 Å². The predicted molar refractivity (Wildman–Crippen MR) is 120 cm³/mol. The Balaban J connectivity index is 1.18. The van der Waals surface area contributed by atoms with E-state index >= 15 is 0 Å². The lowest BCUT2D eigenvalue weighted by molar-refractivity contribution is -0.108. The van der Waals surface area contributed by atoms with Crippen LogP contribution in [-0.4, -0.2) is 49.9 Å². The van der Waals surface area contributed by atoms with Crippen molar-refractivity contribution in [3.63, 3.8) is 0 Å². The van der Waals surface area contributed by atoms with E-state index in [0.717, 1.165) is 22.4 Å². The lowest BCUT2D eigenvalue weighted by Crippen LogP contribution is -2.44. The molecule has 0 atom stereocenters. The standard InChI is InChI=1S/C24H22F4N6O/c25-23(26)6-13(7-23)10-29-21(35)18-12-31-34-4-3-14(5-20(18)34)16-1-2-19-17(16)11-30-22(33-19)32-15-8-24(27,28)9-15/h1,3-5,11-13,15H,2,6-10H2,(H,29,35)(H,30,32,33). The van der Waals surface area contributed by atoms with Crippen LogP contribution in [0.2, 0.25) is 0 Å². The molecule has 0 aliphatic heterocycles. The van der Waals surface area contributed by atoms with Crippen molar-refractivity contribution in [1.82, 2.24) is 24.9 Å². The minimum atomic E-state index is -2.62. The molecule has 0 radical (unpaired) electrons. The monoisotopic (exact) mass is 486 g/mol. The summed E-state index contributed by atoms with van der Waals surface area (Å²) in [5.41, 5.74) is 4.37. The molecule has 35 heavy (non-hydrogen) atoms. The summed E-state index contributed by atoms with van der Waals surface area (Å²) in [5.74, 6) is -5.46. The second-order valence-corrected chi connectivity index (χ2v) is 9.63. The highest BCUT2D eigenvalue weighted by atomic mass is 19.3. The third kappa shape index (κ3) is 4.12. The third-order valence-electron chi connectivity index (χ3n) is 6.88. The van der Waals surface area contributed by atoms with E-state index < -0.39 is 11.8 Å². The largest absolute Gasteiger partial charge is 0.352 e. The first-order chi connectivity index (χ1) is 16.7. The van der Waals surface area contributed by atoms with Crippen molar-refractivity contribution in [1.29, 1.82) is 0 Å². The van der Waals surface area contributed by atoms with Crippen molar-refractivity contribution in [2.45, 2.75) is 50.0 Å². The van der Waals surface area contributed by atoms with Crippen LogP contribution in [0.5, 0.6) is 0 Å². The van der Waals surface area contributed by atoms with E-state index in [1.807, 2.05) is 18.2 Å². The summed E-state index contributed by atoms with van der Waals surface area (Å²) in [4.78, 5) is 21.5. The fourth-order valence-electron chi connectivity index (χ4n) is 4.98. The molecule has 2 fully saturated rings. The number of rotatable bonds is 6. The zero-order chi connectivity index (χ0) is 24.4. The molecule has 0 aromatic carbocycles. The summed E-state index contributed by atoms with van der Waals surface area (Å²) >= 11 is 0. The summed E-state index contributed by atoms with van der Waals surface area (Å²) < 4.78 is 53.9. The molecule has 2 N–H and O–H groups in total. The van der Waals surface area contributed by atoms with Gasteiger partial charge in [0.15, 0.2) is 0 Å². The van der Waals surface area contributed by atoms with E-state index in [-0.39, 0.29) is 50.1 Å². The lowest BCUT2D eigenvalue weighted by Gasteiger charge is -2.35. The number of halogens is 4. The molecule has 3 aliphatic rings. The van der Waals surface area contributed by atoms with Crippen molar-refractivity contribution in [3.8, 4) is 0 Å². The Hall–Kier alpha value is -3.50. The number of amides is 1. The molecule has 3 aromatic heterocycles. The molecule has 0 bridgehead atoms. The molecule has 0 unspecified atom stereocenters. The van der Waals surface area contributed by atoms with Gasteiger partial charge in [-0.1, -0.05) is 6.08 Å². The molecular weight excluding hydrogens is 464 g/mol. The highest BCUT2D eigenvalue weighted by Crippen LogP contribution is 2.42. The Morgan fingerprint density at radius 3 is 2.63 bits per heavy atom. The van der Waals surface area contributed by atoms with Crippen LogP contribution in [0.3, 0.4) is 0 Å². The fraction of sp³-hybridized carbons (Fsp3) is 0.417. The molecule has 3 heterocycles. The zero-order valence-corrected chi connectivity index (χ0v) is 18.6. The van der Waals surface area contributed by atoms with Crippen molar-refractivity contribution < 1.29 is 22.4 Å². The van der Waals surface area contributed by atoms with Gasteiger partial charge in [0.1, 0.15) is 0 Å². The Morgan fingerprint density at radius 2 is 1.89 bits per heavy atom. The number of anilines is 1. The summed E-state index contributed by atoms with van der Waals surface area (Å²) in [7, 11) is 0. The van der Waals surface area contributed by atoms with E-state index in [1.54, 1.807) is 16.9 Å². The van der Waals surface area contributed by atoms with Gasteiger partial charge in [-0.15, -0.1) is 0 Å². The number of pyridine rings is 1. The molecule has 0 spiro atoms. The maximum absolute atomic E-state index is 13.1. The molecule has 3 aliphatic carbocycles. The van der Waals surface area contributed by atoms with Crippen molar-refractivity contribution in [3.05, 3.63) is 59.2 Å². The van der Waals surface area contributed by atoms with Crippen LogP contribution < -0.4 is 10.6 Å². The number of carbonyl (C=O) groups excluding carboxylic acids is 1. The van der Waals surface area contributed by atoms with Crippen LogP contribution >= 0.6 is 0 Å². The van der Waals surface area contributed by atoms with Crippen LogP contribution in [-0.2, 0) is 6.42 Å². The van der Waals surface area contributed by atoms with Crippen LogP contribution in [0.25, 0.3) is 11.1 Å². The van der Waals surface area contributed by atoms with E-state index in [2.05, 4.69) is 25.7 Å². The van der Waals surface area contributed by atoms with Gasteiger partial charge in [0, 0.05) is 62.6 Å². The number of nitrogens with one attached hydrogen (secondary N) is 2. The average Bonchev–Trinajstić information content (AvgIpc) is 3.38. The molecule has 2 saturated carbocycles. The van der Waals surface area contributed by atoms with Crippen molar-refractivity contribution >= 4 is 22.9 Å². The van der Waals surface area contributed by atoms with Gasteiger partial charge in [-0.2, -0.15) is 5.10 Å². The molecule has 7 nitrogen and oxygen atoms in total. The summed E-state index contributed by atoms with van der Waals surface area (Å²) in [6, 6.07) is 3.40. The van der Waals surface area contributed by atoms with Gasteiger partial charge < -0.3 is 10.6 Å². The Morgan fingerprint density at radius 1 is 1.11 bits per heavy atom. The van der Waals surface area contributed by atoms with Crippen LogP contribution in [0.15, 0.2) is 36.8 Å². The first kappa shape index (κ1) is 22.0. The zero-order valence-electron chi connectivity index (χ0n) is 18.6. The minimum absolute atomic E-state index is 0.202. The highest BCUT2D eigenvalue weighted by Gasteiger charge is 2.46. The van der Waals surface area contributed by atoms with Crippen molar-refractivity contribution in [2.24, 2.45) is 5.92 Å². The maximum Gasteiger partial charge on any atom is 0.255 e. The van der Waals surface area contributed by atoms with Crippen LogP contribution in [0.4, 0.5) is 23.5 Å². The smallest absolute Gasteiger partial charge is 0.255 e. The first-order valence-corrected chi connectivity index (χ1v) is 11.5. The molecular formula is C24H22F4N6O. The summed E-state index contributed by atoms with van der Waals surface area (Å²) in [6.45, 7) is 0.205. The Kier molecular flexibility index (Phi) is 4.87. The number of alkyl halides is 4. The van der Waals surface area contributed by atoms with Crippen molar-refractivity contribution in [2.75, 3.05) is 11.9 Å². The number of allylic oxidation sites excluding steroid dienone is 1. The SMILES string of the molecule is O=C(NCC1CC(F)(F)C1)c1cnn2ccc(C3=CCc4nc(NC5CC(F)(F)C5)ncc43)cc12. The lowest BCUT2D eigenvalue weighted by atomic mass is 9.81. The van der Waals surface area contributed by atoms with Gasteiger partial charge in [0.05, 0.1) is 23.0 Å². The number of fused-ring (bicyclic) bond motifs is 2. The topological polar surface area (TPSA) is 84.2 Å². The van der Waals surface area contributed by atoms with Gasteiger partial charge >= 0.3 is 0 Å². The number of aromatic nitrogens is 4. The Bertz CT molecular complexity index is 1350. The molecule has 182 valence electrons. The average molecular weight is 486 g/mol. The second-order valence-electron chi connectivity index (χ2n) is 9.63. The maximum atomic E-state index is 13.1. The predicted octanol–water partition coefficient (Wildman–Crippen LogP) is 4.10. The molecule has 6 rings (SSSR count).